The van der Waals surface area contributed by atoms with Gasteiger partial charge in [-0.2, -0.15) is 0 Å². The Bertz CT molecular complexity index is 938. The second-order valence-corrected chi connectivity index (χ2v) is 9.97. The van der Waals surface area contributed by atoms with Crippen LogP contribution < -0.4 is 0 Å². The summed E-state index contributed by atoms with van der Waals surface area (Å²) >= 11 is 1.82. The number of rotatable bonds is 10. The normalized spacial score (nSPS) is 15.5. The van der Waals surface area contributed by atoms with Crippen molar-refractivity contribution in [3.8, 4) is 21.0 Å². The van der Waals surface area contributed by atoms with Gasteiger partial charge in [-0.05, 0) is 66.3 Å². The third kappa shape index (κ3) is 5.21. The molecule has 30 heavy (non-hydrogen) atoms. The smallest absolute Gasteiger partial charge is 0.123 e. The van der Waals surface area contributed by atoms with Crippen molar-refractivity contribution >= 4 is 11.3 Å². The van der Waals surface area contributed by atoms with Gasteiger partial charge in [0.25, 0.3) is 0 Å². The van der Waals surface area contributed by atoms with E-state index in [2.05, 4.69) is 56.3 Å². The molecule has 1 aliphatic carbocycles. The van der Waals surface area contributed by atoms with Crippen LogP contribution in [-0.4, -0.2) is 4.98 Å². The Morgan fingerprint density at radius 1 is 0.833 bits per heavy atom. The molecule has 1 aromatic heterocycles. The van der Waals surface area contributed by atoms with E-state index in [9.17, 15) is 0 Å². The number of aromatic nitrogens is 1. The van der Waals surface area contributed by atoms with Gasteiger partial charge in [0.05, 0.1) is 4.88 Å². The van der Waals surface area contributed by atoms with Gasteiger partial charge in [0, 0.05) is 11.8 Å². The Kier molecular flexibility index (Phi) is 7.38. The summed E-state index contributed by atoms with van der Waals surface area (Å²) in [4.78, 5) is 6.04. The van der Waals surface area contributed by atoms with E-state index in [4.69, 9.17) is 4.98 Å². The van der Waals surface area contributed by atoms with Gasteiger partial charge in [-0.15, -0.1) is 11.3 Å². The molecule has 0 bridgehead atoms. The molecule has 1 aliphatic rings. The molecule has 2 aromatic carbocycles. The first-order valence-corrected chi connectivity index (χ1v) is 12.8. The molecular weight excluding hydrogens is 382 g/mol. The van der Waals surface area contributed by atoms with Crippen molar-refractivity contribution in [1.82, 2.24) is 4.98 Å². The molecule has 0 saturated heterocycles. The van der Waals surface area contributed by atoms with Gasteiger partial charge in [-0.1, -0.05) is 82.3 Å². The quantitative estimate of drug-likeness (QED) is 0.301. The number of fused-ring (bicyclic) bond motifs is 1. The molecule has 0 spiro atoms. The molecule has 1 unspecified atom stereocenters. The predicted molar refractivity (Wildman–Crippen MR) is 131 cm³/mol. The lowest BCUT2D eigenvalue weighted by Gasteiger charge is -2.06. The van der Waals surface area contributed by atoms with Crippen molar-refractivity contribution in [3.63, 3.8) is 0 Å². The van der Waals surface area contributed by atoms with Crippen LogP contribution in [0.1, 0.15) is 75.5 Å². The van der Waals surface area contributed by atoms with Gasteiger partial charge < -0.3 is 0 Å². The highest BCUT2D eigenvalue weighted by atomic mass is 32.1. The summed E-state index contributed by atoms with van der Waals surface area (Å²) in [5.41, 5.74) is 7.14. The topological polar surface area (TPSA) is 12.9 Å². The van der Waals surface area contributed by atoms with Crippen LogP contribution >= 0.6 is 11.3 Å². The largest absolute Gasteiger partial charge is 0.244 e. The molecule has 0 radical (unpaired) electrons. The summed E-state index contributed by atoms with van der Waals surface area (Å²) < 4.78 is 0. The fourth-order valence-corrected chi connectivity index (χ4v) is 5.59. The Morgan fingerprint density at radius 2 is 1.60 bits per heavy atom. The minimum absolute atomic E-state index is 0.850. The lowest BCUT2D eigenvalue weighted by atomic mass is 9.99. The zero-order chi connectivity index (χ0) is 20.8. The number of nitrogens with zero attached hydrogens (tertiary/aromatic N) is 1. The molecule has 158 valence electrons. The standard InChI is InChI=1S/C28H35NS/c1-3-5-7-8-10-21-11-13-23(14-12-21)27-20-29-28(30-27)25-16-15-24-17-22(9-6-4-2)18-26(24)19-25/h11-16,19-20,22H,3-10,17-18H2,1-2H3. The summed E-state index contributed by atoms with van der Waals surface area (Å²) in [6.07, 6.45) is 15.1. The lowest BCUT2D eigenvalue weighted by molar-refractivity contribution is 0.489. The fourth-order valence-electron chi connectivity index (χ4n) is 4.67. The maximum absolute atomic E-state index is 4.77. The SMILES string of the molecule is CCCCCCc1ccc(-c2cnc(-c3ccc4c(c3)CC(CCCC)C4)s2)cc1. The highest BCUT2D eigenvalue weighted by Gasteiger charge is 2.21. The summed E-state index contributed by atoms with van der Waals surface area (Å²) in [6, 6.07) is 16.2. The van der Waals surface area contributed by atoms with Gasteiger partial charge in [0.15, 0.2) is 0 Å². The number of aryl methyl sites for hydroxylation is 1. The van der Waals surface area contributed by atoms with Crippen LogP contribution in [0.2, 0.25) is 0 Å². The van der Waals surface area contributed by atoms with Crippen LogP contribution in [-0.2, 0) is 19.3 Å². The number of hydrogen-bond donors (Lipinski definition) is 0. The van der Waals surface area contributed by atoms with Crippen molar-refractivity contribution in [2.24, 2.45) is 5.92 Å². The summed E-state index contributed by atoms with van der Waals surface area (Å²) in [5.74, 6) is 0.850. The van der Waals surface area contributed by atoms with Gasteiger partial charge in [0.2, 0.25) is 0 Å². The van der Waals surface area contributed by atoms with Crippen molar-refractivity contribution in [2.45, 2.75) is 78.1 Å². The average Bonchev–Trinajstić information content (AvgIpc) is 3.42. The Balaban J connectivity index is 1.41. The zero-order valence-electron chi connectivity index (χ0n) is 18.6. The monoisotopic (exact) mass is 417 g/mol. The van der Waals surface area contributed by atoms with Gasteiger partial charge in [-0.3, -0.25) is 0 Å². The van der Waals surface area contributed by atoms with Crippen molar-refractivity contribution in [3.05, 3.63) is 65.4 Å². The molecule has 1 nitrogen and oxygen atoms in total. The summed E-state index contributed by atoms with van der Waals surface area (Å²) in [5, 5.41) is 1.15. The Hall–Kier alpha value is -1.93. The van der Waals surface area contributed by atoms with Crippen molar-refractivity contribution in [2.75, 3.05) is 0 Å². The van der Waals surface area contributed by atoms with E-state index in [1.165, 1.54) is 85.8 Å². The van der Waals surface area contributed by atoms with E-state index in [-0.39, 0.29) is 0 Å². The van der Waals surface area contributed by atoms with Gasteiger partial charge in [0.1, 0.15) is 5.01 Å². The first-order valence-electron chi connectivity index (χ1n) is 11.9. The first kappa shape index (κ1) is 21.3. The molecule has 0 amide bonds. The molecule has 3 aromatic rings. The zero-order valence-corrected chi connectivity index (χ0v) is 19.4. The predicted octanol–water partition coefficient (Wildman–Crippen LogP) is 8.50. The van der Waals surface area contributed by atoms with Crippen LogP contribution in [0.15, 0.2) is 48.7 Å². The molecule has 0 N–H and O–H groups in total. The third-order valence-electron chi connectivity index (χ3n) is 6.50. The highest BCUT2D eigenvalue weighted by Crippen LogP contribution is 2.36. The van der Waals surface area contributed by atoms with Crippen molar-refractivity contribution < 1.29 is 0 Å². The first-order chi connectivity index (χ1) is 14.8. The Labute approximate surface area is 186 Å². The van der Waals surface area contributed by atoms with E-state index in [1.54, 1.807) is 11.1 Å². The number of unbranched alkanes of at least 4 members (excludes halogenated alkanes) is 4. The summed E-state index contributed by atoms with van der Waals surface area (Å²) in [7, 11) is 0. The second-order valence-electron chi connectivity index (χ2n) is 8.94. The third-order valence-corrected chi connectivity index (χ3v) is 7.59. The van der Waals surface area contributed by atoms with Crippen molar-refractivity contribution in [1.29, 1.82) is 0 Å². The summed E-state index contributed by atoms with van der Waals surface area (Å²) in [6.45, 7) is 4.56. The van der Waals surface area contributed by atoms with Crippen LogP contribution in [0, 0.1) is 5.92 Å². The van der Waals surface area contributed by atoms with E-state index in [0.717, 1.165) is 10.9 Å². The minimum Gasteiger partial charge on any atom is -0.244 e. The Morgan fingerprint density at radius 3 is 2.40 bits per heavy atom. The molecule has 4 rings (SSSR count). The molecule has 2 heteroatoms. The van der Waals surface area contributed by atoms with Crippen LogP contribution in [0.25, 0.3) is 21.0 Å². The highest BCUT2D eigenvalue weighted by molar-refractivity contribution is 7.18. The van der Waals surface area contributed by atoms with E-state index in [0.29, 0.717) is 0 Å². The molecule has 0 aliphatic heterocycles. The van der Waals surface area contributed by atoms with Crippen LogP contribution in [0.3, 0.4) is 0 Å². The average molecular weight is 418 g/mol. The molecule has 1 atom stereocenters. The molecular formula is C28H35NS. The lowest BCUT2D eigenvalue weighted by Crippen LogP contribution is -1.98. The minimum atomic E-state index is 0.850. The molecule has 0 saturated carbocycles. The number of benzene rings is 2. The number of thiazole rings is 1. The second kappa shape index (κ2) is 10.4. The number of hydrogen-bond acceptors (Lipinski definition) is 2. The maximum Gasteiger partial charge on any atom is 0.123 e. The van der Waals surface area contributed by atoms with Gasteiger partial charge in [-0.25, -0.2) is 4.98 Å². The molecule has 1 heterocycles. The van der Waals surface area contributed by atoms with Crippen LogP contribution in [0.5, 0.6) is 0 Å². The van der Waals surface area contributed by atoms with Gasteiger partial charge >= 0.3 is 0 Å². The molecule has 0 fully saturated rings. The van der Waals surface area contributed by atoms with E-state index >= 15 is 0 Å². The van der Waals surface area contributed by atoms with E-state index in [1.807, 2.05) is 17.5 Å². The fraction of sp³-hybridized carbons (Fsp3) is 0.464. The van der Waals surface area contributed by atoms with Crippen LogP contribution in [0.4, 0.5) is 0 Å². The maximum atomic E-state index is 4.77. The van der Waals surface area contributed by atoms with E-state index < -0.39 is 0 Å².